The van der Waals surface area contributed by atoms with Crippen molar-refractivity contribution in [3.63, 3.8) is 0 Å². The van der Waals surface area contributed by atoms with Crippen molar-refractivity contribution in [3.8, 4) is 0 Å². The van der Waals surface area contributed by atoms with Crippen LogP contribution in [0.4, 0.5) is 0 Å². The van der Waals surface area contributed by atoms with Crippen molar-refractivity contribution in [2.75, 3.05) is 0 Å². The van der Waals surface area contributed by atoms with Gasteiger partial charge < -0.3 is 9.47 Å². The quantitative estimate of drug-likeness (QED) is 0.633. The Morgan fingerprint density at radius 2 is 1.61 bits per heavy atom. The number of carbonyl (C=O) groups excluding carboxylic acids is 1. The van der Waals surface area contributed by atoms with E-state index in [-0.39, 0.29) is 5.97 Å². The molecule has 0 bridgehead atoms. The monoisotopic (exact) mass is 376 g/mol. The van der Waals surface area contributed by atoms with Crippen molar-refractivity contribution in [1.29, 1.82) is 0 Å². The van der Waals surface area contributed by atoms with Crippen LogP contribution >= 0.6 is 0 Å². The summed E-state index contributed by atoms with van der Waals surface area (Å²) in [5, 5.41) is 0. The van der Waals surface area contributed by atoms with E-state index in [1.165, 1.54) is 12.0 Å². The molecule has 3 nitrogen and oxygen atoms in total. The standard InChI is InChI=1S/C25H28O3/c1-17-14-18(2)21(19(3)15-17)22-23(27-16-20-10-6-4-7-11-20)25(28-24(22)26)12-8-5-9-13-25/h4,6-7,10-11,14-15H,5,8-9,12-13,16H2,1-3H3. The van der Waals surface area contributed by atoms with Gasteiger partial charge in [0.2, 0.25) is 0 Å². The van der Waals surface area contributed by atoms with E-state index in [0.717, 1.165) is 53.7 Å². The van der Waals surface area contributed by atoms with Crippen molar-refractivity contribution >= 4 is 11.5 Å². The molecular formula is C25H28O3. The molecule has 2 aromatic rings. The lowest BCUT2D eigenvalue weighted by molar-refractivity contribution is -0.150. The van der Waals surface area contributed by atoms with Crippen LogP contribution in [0.25, 0.3) is 5.57 Å². The molecule has 0 saturated heterocycles. The number of hydrogen-bond acceptors (Lipinski definition) is 3. The summed E-state index contributed by atoms with van der Waals surface area (Å²) >= 11 is 0. The van der Waals surface area contributed by atoms with Crippen molar-refractivity contribution in [3.05, 3.63) is 76.0 Å². The predicted octanol–water partition coefficient (Wildman–Crippen LogP) is 5.80. The van der Waals surface area contributed by atoms with Gasteiger partial charge in [0.05, 0.1) is 0 Å². The molecular weight excluding hydrogens is 348 g/mol. The smallest absolute Gasteiger partial charge is 0.343 e. The van der Waals surface area contributed by atoms with Crippen LogP contribution in [0, 0.1) is 20.8 Å². The molecule has 0 unspecified atom stereocenters. The van der Waals surface area contributed by atoms with Gasteiger partial charge in [0.25, 0.3) is 0 Å². The lowest BCUT2D eigenvalue weighted by Crippen LogP contribution is -2.35. The summed E-state index contributed by atoms with van der Waals surface area (Å²) in [6.45, 7) is 6.66. The maximum atomic E-state index is 13.1. The molecule has 1 aliphatic heterocycles. The summed E-state index contributed by atoms with van der Waals surface area (Å²) in [5.41, 5.74) is 5.50. The Labute approximate surface area is 167 Å². The number of ether oxygens (including phenoxy) is 2. The number of hydrogen-bond donors (Lipinski definition) is 0. The molecule has 0 N–H and O–H groups in total. The van der Waals surface area contributed by atoms with Crippen LogP contribution in [0.1, 0.15) is 59.9 Å². The minimum Gasteiger partial charge on any atom is -0.488 e. The Bertz CT molecular complexity index is 895. The van der Waals surface area contributed by atoms with Gasteiger partial charge in [-0.3, -0.25) is 0 Å². The summed E-state index contributed by atoms with van der Waals surface area (Å²) in [4.78, 5) is 13.1. The van der Waals surface area contributed by atoms with Crippen molar-refractivity contribution in [2.45, 2.75) is 65.1 Å². The van der Waals surface area contributed by atoms with Gasteiger partial charge in [-0.25, -0.2) is 4.79 Å². The van der Waals surface area contributed by atoms with Gasteiger partial charge in [-0.2, -0.15) is 0 Å². The zero-order valence-electron chi connectivity index (χ0n) is 17.0. The highest BCUT2D eigenvalue weighted by Gasteiger charge is 2.50. The highest BCUT2D eigenvalue weighted by Crippen LogP contribution is 2.48. The lowest BCUT2D eigenvalue weighted by atomic mass is 9.81. The molecule has 28 heavy (non-hydrogen) atoms. The van der Waals surface area contributed by atoms with E-state index in [4.69, 9.17) is 9.47 Å². The molecule has 0 radical (unpaired) electrons. The third-order valence-corrected chi connectivity index (χ3v) is 5.95. The van der Waals surface area contributed by atoms with E-state index in [9.17, 15) is 4.79 Å². The zero-order valence-corrected chi connectivity index (χ0v) is 17.0. The average molecular weight is 376 g/mol. The first-order chi connectivity index (χ1) is 13.5. The summed E-state index contributed by atoms with van der Waals surface area (Å²) in [5.74, 6) is 0.510. The number of aryl methyl sites for hydroxylation is 3. The minimum absolute atomic E-state index is 0.236. The SMILES string of the molecule is Cc1cc(C)c(C2=C(OCc3ccccc3)C3(CCCCC3)OC2=O)c(C)c1. The van der Waals surface area contributed by atoms with Gasteiger partial charge in [-0.05, 0) is 68.7 Å². The van der Waals surface area contributed by atoms with E-state index in [1.807, 2.05) is 30.3 Å². The van der Waals surface area contributed by atoms with E-state index < -0.39 is 5.60 Å². The van der Waals surface area contributed by atoms with Crippen molar-refractivity contribution in [2.24, 2.45) is 0 Å². The maximum absolute atomic E-state index is 13.1. The molecule has 1 spiro atoms. The van der Waals surface area contributed by atoms with Gasteiger partial charge >= 0.3 is 5.97 Å². The fraction of sp³-hybridized carbons (Fsp3) is 0.400. The molecule has 0 aromatic heterocycles. The second-order valence-corrected chi connectivity index (χ2v) is 8.20. The van der Waals surface area contributed by atoms with Crippen molar-refractivity contribution in [1.82, 2.24) is 0 Å². The molecule has 2 aromatic carbocycles. The highest BCUT2D eigenvalue weighted by atomic mass is 16.6. The molecule has 2 aliphatic rings. The molecule has 0 atom stereocenters. The first-order valence-electron chi connectivity index (χ1n) is 10.2. The molecule has 1 aliphatic carbocycles. The van der Waals surface area contributed by atoms with E-state index in [2.05, 4.69) is 32.9 Å². The number of carbonyl (C=O) groups is 1. The molecule has 0 amide bonds. The number of esters is 1. The Morgan fingerprint density at radius 3 is 2.25 bits per heavy atom. The summed E-state index contributed by atoms with van der Waals surface area (Å²) in [7, 11) is 0. The fourth-order valence-corrected chi connectivity index (χ4v) is 4.77. The number of benzene rings is 2. The van der Waals surface area contributed by atoms with E-state index >= 15 is 0 Å². The third kappa shape index (κ3) is 3.34. The second-order valence-electron chi connectivity index (χ2n) is 8.20. The van der Waals surface area contributed by atoms with Crippen LogP contribution in [-0.4, -0.2) is 11.6 Å². The van der Waals surface area contributed by atoms with Crippen LogP contribution in [0.2, 0.25) is 0 Å². The molecule has 1 fully saturated rings. The van der Waals surface area contributed by atoms with E-state index in [0.29, 0.717) is 12.2 Å². The summed E-state index contributed by atoms with van der Waals surface area (Å²) in [6, 6.07) is 14.4. The third-order valence-electron chi connectivity index (χ3n) is 5.95. The van der Waals surface area contributed by atoms with Crippen molar-refractivity contribution < 1.29 is 14.3 Å². The zero-order chi connectivity index (χ0) is 19.7. The minimum atomic E-state index is -0.594. The Kier molecular flexibility index (Phi) is 5.01. The number of rotatable bonds is 4. The van der Waals surface area contributed by atoms with Crippen LogP contribution in [0.5, 0.6) is 0 Å². The Morgan fingerprint density at radius 1 is 0.964 bits per heavy atom. The molecule has 3 heteroatoms. The Hall–Kier alpha value is -2.55. The van der Waals surface area contributed by atoms with Crippen LogP contribution < -0.4 is 0 Å². The Balaban J connectivity index is 1.82. The first-order valence-corrected chi connectivity index (χ1v) is 10.2. The average Bonchev–Trinajstić information content (AvgIpc) is 2.91. The van der Waals surface area contributed by atoms with Gasteiger partial charge in [-0.1, -0.05) is 54.4 Å². The molecule has 1 saturated carbocycles. The topological polar surface area (TPSA) is 35.5 Å². The van der Waals surface area contributed by atoms with Gasteiger partial charge in [0.15, 0.2) is 11.4 Å². The van der Waals surface area contributed by atoms with Crippen LogP contribution in [-0.2, 0) is 20.9 Å². The van der Waals surface area contributed by atoms with Gasteiger partial charge in [-0.15, -0.1) is 0 Å². The highest BCUT2D eigenvalue weighted by molar-refractivity contribution is 6.20. The van der Waals surface area contributed by atoms with Crippen LogP contribution in [0.15, 0.2) is 48.2 Å². The summed E-state index contributed by atoms with van der Waals surface area (Å²) in [6.07, 6.45) is 4.99. The fourth-order valence-electron chi connectivity index (χ4n) is 4.77. The first kappa shape index (κ1) is 18.8. The molecule has 4 rings (SSSR count). The van der Waals surface area contributed by atoms with E-state index in [1.54, 1.807) is 0 Å². The van der Waals surface area contributed by atoms with Gasteiger partial charge in [0.1, 0.15) is 12.2 Å². The largest absolute Gasteiger partial charge is 0.488 e. The molecule has 146 valence electrons. The van der Waals surface area contributed by atoms with Crippen LogP contribution in [0.3, 0.4) is 0 Å². The normalized spacial score (nSPS) is 18.5. The second kappa shape index (κ2) is 7.46. The lowest BCUT2D eigenvalue weighted by Gasteiger charge is -2.34. The van der Waals surface area contributed by atoms with Gasteiger partial charge in [0, 0.05) is 0 Å². The molecule has 1 heterocycles. The predicted molar refractivity (Wildman–Crippen MR) is 111 cm³/mol. The maximum Gasteiger partial charge on any atom is 0.343 e. The summed E-state index contributed by atoms with van der Waals surface area (Å²) < 4.78 is 12.5.